The molecule has 1 amide bonds. The first-order valence-electron chi connectivity index (χ1n) is 8.61. The first kappa shape index (κ1) is 17.3. The molecule has 0 fully saturated rings. The summed E-state index contributed by atoms with van der Waals surface area (Å²) in [6, 6.07) is 5.44. The lowest BCUT2D eigenvalue weighted by atomic mass is 10.0. The van der Waals surface area contributed by atoms with Crippen LogP contribution in [0.2, 0.25) is 5.02 Å². The second-order valence-electron chi connectivity index (χ2n) is 6.63. The first-order chi connectivity index (χ1) is 12.5. The van der Waals surface area contributed by atoms with Gasteiger partial charge in [-0.2, -0.15) is 0 Å². The SMILES string of the molecule is CN(Cc1nc2ccc(Cl)cc2[nH]1)C(=O)Cn1c2c(sc1=O)CCCC2. The molecular weight excluding hydrogens is 372 g/mol. The molecule has 1 N–H and O–H groups in total. The van der Waals surface area contributed by atoms with Crippen LogP contribution in [0.5, 0.6) is 0 Å². The Balaban J connectivity index is 1.49. The molecule has 0 saturated carbocycles. The number of aromatic amines is 1. The number of fused-ring (bicyclic) bond motifs is 2. The van der Waals surface area contributed by atoms with Crippen LogP contribution in [0.1, 0.15) is 29.2 Å². The first-order valence-corrected chi connectivity index (χ1v) is 9.80. The van der Waals surface area contributed by atoms with Crippen LogP contribution in [-0.2, 0) is 30.7 Å². The summed E-state index contributed by atoms with van der Waals surface area (Å²) in [6.45, 7) is 0.444. The minimum absolute atomic E-state index is 0.0305. The molecule has 8 heteroatoms. The van der Waals surface area contributed by atoms with E-state index in [1.165, 1.54) is 11.3 Å². The predicted octanol–water partition coefficient (Wildman–Crippen LogP) is 2.98. The Morgan fingerprint density at radius 3 is 3.04 bits per heavy atom. The maximum atomic E-state index is 12.6. The number of nitrogens with one attached hydrogen (secondary N) is 1. The minimum atomic E-state index is -0.100. The molecule has 3 aromatic rings. The van der Waals surface area contributed by atoms with E-state index in [-0.39, 0.29) is 17.3 Å². The average Bonchev–Trinajstić information content (AvgIpc) is 3.14. The van der Waals surface area contributed by atoms with Crippen molar-refractivity contribution in [3.8, 4) is 0 Å². The van der Waals surface area contributed by atoms with Crippen molar-refractivity contribution < 1.29 is 4.79 Å². The molecule has 0 bridgehead atoms. The number of benzene rings is 1. The molecular formula is C18H19ClN4O2S. The Hall–Kier alpha value is -2.12. The monoisotopic (exact) mass is 390 g/mol. The number of amides is 1. The van der Waals surface area contributed by atoms with Gasteiger partial charge in [0, 0.05) is 22.6 Å². The van der Waals surface area contributed by atoms with E-state index in [0.29, 0.717) is 17.4 Å². The number of thiazole rings is 1. The molecule has 2 heterocycles. The Labute approximate surface area is 159 Å². The average molecular weight is 391 g/mol. The van der Waals surface area contributed by atoms with Crippen LogP contribution < -0.4 is 4.87 Å². The molecule has 136 valence electrons. The van der Waals surface area contributed by atoms with E-state index in [1.807, 2.05) is 12.1 Å². The molecule has 1 aliphatic carbocycles. The molecule has 6 nitrogen and oxygen atoms in total. The standard InChI is InChI=1S/C18H19ClN4O2S/c1-22(9-16-20-12-7-6-11(19)8-13(12)21-16)17(24)10-23-14-4-2-3-5-15(14)26-18(23)25/h6-8H,2-5,9-10H2,1H3,(H,20,21). The number of carbonyl (C=O) groups excluding carboxylic acids is 1. The summed E-state index contributed by atoms with van der Waals surface area (Å²) in [5.74, 6) is 0.592. The molecule has 1 aliphatic rings. The summed E-state index contributed by atoms with van der Waals surface area (Å²) in [6.07, 6.45) is 4.04. The van der Waals surface area contributed by atoms with E-state index in [2.05, 4.69) is 9.97 Å². The van der Waals surface area contributed by atoms with Crippen molar-refractivity contribution in [3.05, 3.63) is 49.3 Å². The molecule has 26 heavy (non-hydrogen) atoms. The highest BCUT2D eigenvalue weighted by atomic mass is 35.5. The van der Waals surface area contributed by atoms with Crippen molar-refractivity contribution in [3.63, 3.8) is 0 Å². The van der Waals surface area contributed by atoms with Gasteiger partial charge in [-0.25, -0.2) is 4.98 Å². The molecule has 0 spiro atoms. The third-order valence-corrected chi connectivity index (χ3v) is 6.06. The summed E-state index contributed by atoms with van der Waals surface area (Å²) in [5.41, 5.74) is 2.70. The third kappa shape index (κ3) is 3.29. The van der Waals surface area contributed by atoms with Crippen LogP contribution in [0, 0.1) is 0 Å². The normalized spacial score (nSPS) is 13.8. The number of rotatable bonds is 4. The number of hydrogen-bond donors (Lipinski definition) is 1. The number of hydrogen-bond acceptors (Lipinski definition) is 4. The van der Waals surface area contributed by atoms with Crippen LogP contribution in [-0.4, -0.2) is 32.4 Å². The van der Waals surface area contributed by atoms with Crippen LogP contribution in [0.15, 0.2) is 23.0 Å². The van der Waals surface area contributed by atoms with Crippen molar-refractivity contribution in [2.45, 2.75) is 38.8 Å². The van der Waals surface area contributed by atoms with Gasteiger partial charge in [-0.05, 0) is 43.9 Å². The highest BCUT2D eigenvalue weighted by Gasteiger charge is 2.21. The number of nitrogens with zero attached hydrogens (tertiary/aromatic N) is 3. The quantitative estimate of drug-likeness (QED) is 0.744. The van der Waals surface area contributed by atoms with Crippen molar-refractivity contribution in [2.75, 3.05) is 7.05 Å². The Morgan fingerprint density at radius 2 is 2.19 bits per heavy atom. The van der Waals surface area contributed by atoms with Crippen molar-refractivity contribution in [1.82, 2.24) is 19.4 Å². The molecule has 2 aromatic heterocycles. The number of carbonyl (C=O) groups is 1. The van der Waals surface area contributed by atoms with Gasteiger partial charge >= 0.3 is 4.87 Å². The smallest absolute Gasteiger partial charge is 0.308 e. The van der Waals surface area contributed by atoms with Gasteiger partial charge in [0.15, 0.2) is 0 Å². The second-order valence-corrected chi connectivity index (χ2v) is 8.11. The number of aromatic nitrogens is 3. The zero-order valence-electron chi connectivity index (χ0n) is 14.4. The Bertz CT molecular complexity index is 1040. The van der Waals surface area contributed by atoms with Gasteiger partial charge in [-0.3, -0.25) is 14.2 Å². The van der Waals surface area contributed by atoms with Gasteiger partial charge in [0.05, 0.1) is 17.6 Å². The number of H-pyrrole nitrogens is 1. The van der Waals surface area contributed by atoms with Gasteiger partial charge in [-0.1, -0.05) is 22.9 Å². The molecule has 0 saturated heterocycles. The topological polar surface area (TPSA) is 71.0 Å². The van der Waals surface area contributed by atoms with Gasteiger partial charge in [0.25, 0.3) is 0 Å². The summed E-state index contributed by atoms with van der Waals surface area (Å²) in [7, 11) is 1.73. The van der Waals surface area contributed by atoms with E-state index >= 15 is 0 Å². The number of halogens is 1. The van der Waals surface area contributed by atoms with Crippen molar-refractivity contribution >= 4 is 39.9 Å². The van der Waals surface area contributed by atoms with Gasteiger partial charge in [-0.15, -0.1) is 0 Å². The van der Waals surface area contributed by atoms with E-state index in [4.69, 9.17) is 11.6 Å². The highest BCUT2D eigenvalue weighted by molar-refractivity contribution is 7.09. The van der Waals surface area contributed by atoms with Crippen LogP contribution in [0.25, 0.3) is 11.0 Å². The molecule has 0 atom stereocenters. The maximum Gasteiger partial charge on any atom is 0.308 e. The van der Waals surface area contributed by atoms with E-state index < -0.39 is 0 Å². The summed E-state index contributed by atoms with van der Waals surface area (Å²) >= 11 is 7.28. The largest absolute Gasteiger partial charge is 0.340 e. The zero-order chi connectivity index (χ0) is 18.3. The molecule has 0 unspecified atom stereocenters. The predicted molar refractivity (Wildman–Crippen MR) is 103 cm³/mol. The Morgan fingerprint density at radius 1 is 1.38 bits per heavy atom. The van der Waals surface area contributed by atoms with Crippen LogP contribution in [0.4, 0.5) is 0 Å². The van der Waals surface area contributed by atoms with Gasteiger partial charge in [0.1, 0.15) is 12.4 Å². The van der Waals surface area contributed by atoms with Crippen LogP contribution in [0.3, 0.4) is 0 Å². The van der Waals surface area contributed by atoms with Gasteiger partial charge < -0.3 is 9.88 Å². The lowest BCUT2D eigenvalue weighted by Gasteiger charge is -2.18. The van der Waals surface area contributed by atoms with Crippen LogP contribution >= 0.6 is 22.9 Å². The highest BCUT2D eigenvalue weighted by Crippen LogP contribution is 2.23. The number of likely N-dealkylation sites (N-methyl/N-ethyl adjacent to an activating group) is 1. The third-order valence-electron chi connectivity index (χ3n) is 4.75. The number of imidazole rings is 1. The maximum absolute atomic E-state index is 12.6. The fourth-order valence-corrected chi connectivity index (χ4v) is 4.61. The van der Waals surface area contributed by atoms with Crippen molar-refractivity contribution in [1.29, 1.82) is 0 Å². The molecule has 4 rings (SSSR count). The molecule has 0 aliphatic heterocycles. The summed E-state index contributed by atoms with van der Waals surface area (Å²) < 4.78 is 1.65. The fraction of sp³-hybridized carbons (Fsp3) is 0.389. The van der Waals surface area contributed by atoms with E-state index in [1.54, 1.807) is 22.6 Å². The Kier molecular flexibility index (Phi) is 4.58. The van der Waals surface area contributed by atoms with Gasteiger partial charge in [0.2, 0.25) is 5.91 Å². The molecule has 1 aromatic carbocycles. The lowest BCUT2D eigenvalue weighted by molar-refractivity contribution is -0.131. The summed E-state index contributed by atoms with van der Waals surface area (Å²) in [4.78, 5) is 35.3. The van der Waals surface area contributed by atoms with E-state index in [9.17, 15) is 9.59 Å². The lowest BCUT2D eigenvalue weighted by Crippen LogP contribution is -2.33. The number of aryl methyl sites for hydroxylation is 1. The van der Waals surface area contributed by atoms with Crippen molar-refractivity contribution in [2.24, 2.45) is 0 Å². The zero-order valence-corrected chi connectivity index (χ0v) is 16.0. The van der Waals surface area contributed by atoms with E-state index in [0.717, 1.165) is 47.3 Å². The minimum Gasteiger partial charge on any atom is -0.340 e. The summed E-state index contributed by atoms with van der Waals surface area (Å²) in [5, 5.41) is 0.638. The molecule has 0 radical (unpaired) electrons. The second kappa shape index (κ2) is 6.89. The fourth-order valence-electron chi connectivity index (χ4n) is 3.37.